The molecule has 2 aromatic carbocycles. The number of carbonyl (C=O) groups is 1. The molecule has 1 aliphatic heterocycles. The molecule has 1 aliphatic rings. The predicted molar refractivity (Wildman–Crippen MR) is 103 cm³/mol. The second-order valence-corrected chi connectivity index (χ2v) is 8.54. The summed E-state index contributed by atoms with van der Waals surface area (Å²) in [4.78, 5) is 13.6. The zero-order chi connectivity index (χ0) is 19.8. The summed E-state index contributed by atoms with van der Waals surface area (Å²) >= 11 is 0. The Morgan fingerprint density at radius 3 is 2.48 bits per heavy atom. The Balaban J connectivity index is 1.95. The van der Waals surface area contributed by atoms with Crippen molar-refractivity contribution < 1.29 is 17.6 Å². The van der Waals surface area contributed by atoms with Gasteiger partial charge in [0.1, 0.15) is 5.82 Å². The van der Waals surface area contributed by atoms with E-state index in [0.717, 1.165) is 16.8 Å². The van der Waals surface area contributed by atoms with Gasteiger partial charge in [0.15, 0.2) is 0 Å². The van der Waals surface area contributed by atoms with Gasteiger partial charge in [-0.25, -0.2) is 12.8 Å². The van der Waals surface area contributed by atoms with E-state index in [1.807, 2.05) is 0 Å². The summed E-state index contributed by atoms with van der Waals surface area (Å²) in [5.41, 5.74) is 2.36. The van der Waals surface area contributed by atoms with Crippen LogP contribution in [-0.4, -0.2) is 31.7 Å². The molecule has 5 nitrogen and oxygen atoms in total. The standard InChI is InChI=1S/C20H23FN2O3S/c1-4-23(14(2)16-5-7-18(21)8-6-16)27(25,26)19-9-10-20-17(13-19)11-12-22(20)15(3)24/h5-10,13-14H,4,11-12H2,1-3H3. The van der Waals surface area contributed by atoms with Gasteiger partial charge in [-0.2, -0.15) is 4.31 Å². The summed E-state index contributed by atoms with van der Waals surface area (Å²) in [6.07, 6.45) is 0.637. The quantitative estimate of drug-likeness (QED) is 0.785. The Bertz CT molecular complexity index is 958. The molecule has 1 amide bonds. The van der Waals surface area contributed by atoms with Crippen LogP contribution < -0.4 is 4.90 Å². The number of nitrogens with zero attached hydrogens (tertiary/aromatic N) is 2. The van der Waals surface area contributed by atoms with Gasteiger partial charge in [0, 0.05) is 31.7 Å². The third-order valence-corrected chi connectivity index (χ3v) is 7.07. The highest BCUT2D eigenvalue weighted by Crippen LogP contribution is 2.33. The SMILES string of the molecule is CCN(C(C)c1ccc(F)cc1)S(=O)(=O)c1ccc2c(c1)CCN2C(C)=O. The second-order valence-electron chi connectivity index (χ2n) is 6.65. The second kappa shape index (κ2) is 7.40. The molecular formula is C20H23FN2O3S. The van der Waals surface area contributed by atoms with E-state index in [9.17, 15) is 17.6 Å². The van der Waals surface area contributed by atoms with E-state index in [1.165, 1.54) is 23.4 Å². The Morgan fingerprint density at radius 1 is 1.22 bits per heavy atom. The van der Waals surface area contributed by atoms with Crippen LogP contribution >= 0.6 is 0 Å². The Labute approximate surface area is 159 Å². The maximum absolute atomic E-state index is 13.2. The van der Waals surface area contributed by atoms with E-state index in [4.69, 9.17) is 0 Å². The van der Waals surface area contributed by atoms with Crippen LogP contribution in [0, 0.1) is 5.82 Å². The summed E-state index contributed by atoms with van der Waals surface area (Å²) < 4.78 is 41.1. The zero-order valence-corrected chi connectivity index (χ0v) is 16.5. The summed E-state index contributed by atoms with van der Waals surface area (Å²) in [7, 11) is -3.73. The van der Waals surface area contributed by atoms with E-state index in [0.29, 0.717) is 13.0 Å². The van der Waals surface area contributed by atoms with Crippen molar-refractivity contribution in [1.82, 2.24) is 4.31 Å². The van der Waals surface area contributed by atoms with Crippen LogP contribution in [0.5, 0.6) is 0 Å². The van der Waals surface area contributed by atoms with Crippen molar-refractivity contribution in [2.45, 2.75) is 38.1 Å². The van der Waals surface area contributed by atoms with Crippen molar-refractivity contribution >= 4 is 21.6 Å². The van der Waals surface area contributed by atoms with Gasteiger partial charge in [-0.05, 0) is 54.8 Å². The van der Waals surface area contributed by atoms with Crippen molar-refractivity contribution in [3.63, 3.8) is 0 Å². The number of hydrogen-bond donors (Lipinski definition) is 0. The molecule has 144 valence electrons. The number of rotatable bonds is 5. The first kappa shape index (κ1) is 19.5. The summed E-state index contributed by atoms with van der Waals surface area (Å²) in [5.74, 6) is -0.407. The van der Waals surface area contributed by atoms with Gasteiger partial charge in [-0.15, -0.1) is 0 Å². The van der Waals surface area contributed by atoms with Gasteiger partial charge in [0.2, 0.25) is 15.9 Å². The third-order valence-electron chi connectivity index (χ3n) is 5.03. The predicted octanol–water partition coefficient (Wildman–Crippen LogP) is 3.51. The van der Waals surface area contributed by atoms with Gasteiger partial charge >= 0.3 is 0 Å². The van der Waals surface area contributed by atoms with E-state index in [2.05, 4.69) is 0 Å². The van der Waals surface area contributed by atoms with Crippen LogP contribution in [0.25, 0.3) is 0 Å². The lowest BCUT2D eigenvalue weighted by Gasteiger charge is -2.28. The van der Waals surface area contributed by atoms with Crippen LogP contribution in [0.2, 0.25) is 0 Å². The number of fused-ring (bicyclic) bond motifs is 1. The average molecular weight is 390 g/mol. The van der Waals surface area contributed by atoms with Crippen molar-refractivity contribution in [3.8, 4) is 0 Å². The highest BCUT2D eigenvalue weighted by molar-refractivity contribution is 7.89. The highest BCUT2D eigenvalue weighted by atomic mass is 32.2. The minimum absolute atomic E-state index is 0.0514. The monoisotopic (exact) mass is 390 g/mol. The largest absolute Gasteiger partial charge is 0.312 e. The smallest absolute Gasteiger partial charge is 0.243 e. The molecule has 0 fully saturated rings. The minimum atomic E-state index is -3.73. The van der Waals surface area contributed by atoms with Gasteiger partial charge in [-0.1, -0.05) is 19.1 Å². The van der Waals surface area contributed by atoms with E-state index >= 15 is 0 Å². The van der Waals surface area contributed by atoms with E-state index in [-0.39, 0.29) is 23.2 Å². The molecule has 0 saturated heterocycles. The molecule has 1 atom stereocenters. The molecule has 7 heteroatoms. The number of sulfonamides is 1. The normalized spacial score (nSPS) is 15.1. The molecule has 1 heterocycles. The van der Waals surface area contributed by atoms with Crippen LogP contribution in [0.3, 0.4) is 0 Å². The van der Waals surface area contributed by atoms with Gasteiger partial charge in [0.25, 0.3) is 0 Å². The molecule has 0 N–H and O–H groups in total. The number of benzene rings is 2. The number of carbonyl (C=O) groups excluding carboxylic acids is 1. The lowest BCUT2D eigenvalue weighted by atomic mass is 10.1. The van der Waals surface area contributed by atoms with Crippen LogP contribution in [-0.2, 0) is 21.2 Å². The number of anilines is 1. The first-order valence-corrected chi connectivity index (χ1v) is 10.4. The molecular weight excluding hydrogens is 367 g/mol. The van der Waals surface area contributed by atoms with E-state index < -0.39 is 16.1 Å². The van der Waals surface area contributed by atoms with Gasteiger partial charge in [-0.3, -0.25) is 4.79 Å². The molecule has 0 radical (unpaired) electrons. The minimum Gasteiger partial charge on any atom is -0.312 e. The van der Waals surface area contributed by atoms with Crippen molar-refractivity contribution in [1.29, 1.82) is 0 Å². The average Bonchev–Trinajstić information content (AvgIpc) is 3.06. The van der Waals surface area contributed by atoms with E-state index in [1.54, 1.807) is 49.1 Å². The fraction of sp³-hybridized carbons (Fsp3) is 0.350. The fourth-order valence-corrected chi connectivity index (χ4v) is 5.24. The van der Waals surface area contributed by atoms with Crippen molar-refractivity contribution in [2.75, 3.05) is 18.0 Å². The highest BCUT2D eigenvalue weighted by Gasteiger charge is 2.31. The molecule has 1 unspecified atom stereocenters. The zero-order valence-electron chi connectivity index (χ0n) is 15.6. The lowest BCUT2D eigenvalue weighted by molar-refractivity contribution is -0.116. The molecule has 3 rings (SSSR count). The maximum atomic E-state index is 13.2. The Kier molecular flexibility index (Phi) is 5.35. The maximum Gasteiger partial charge on any atom is 0.243 e. The summed E-state index contributed by atoms with van der Waals surface area (Å²) in [6.45, 7) is 5.93. The van der Waals surface area contributed by atoms with Crippen LogP contribution in [0.4, 0.5) is 10.1 Å². The molecule has 27 heavy (non-hydrogen) atoms. The topological polar surface area (TPSA) is 57.7 Å². The number of halogens is 1. The number of amides is 1. The summed E-state index contributed by atoms with van der Waals surface area (Å²) in [6, 6.07) is 10.4. The molecule has 0 aliphatic carbocycles. The summed E-state index contributed by atoms with van der Waals surface area (Å²) in [5, 5.41) is 0. The molecule has 0 saturated carbocycles. The first-order chi connectivity index (χ1) is 12.8. The number of hydrogen-bond acceptors (Lipinski definition) is 3. The first-order valence-electron chi connectivity index (χ1n) is 8.94. The van der Waals surface area contributed by atoms with Gasteiger partial charge in [0.05, 0.1) is 4.90 Å². The molecule has 2 aromatic rings. The van der Waals surface area contributed by atoms with Crippen molar-refractivity contribution in [3.05, 3.63) is 59.4 Å². The Morgan fingerprint density at radius 2 is 1.89 bits per heavy atom. The van der Waals surface area contributed by atoms with Crippen LogP contribution in [0.1, 0.15) is 37.9 Å². The van der Waals surface area contributed by atoms with Gasteiger partial charge < -0.3 is 4.90 Å². The van der Waals surface area contributed by atoms with Crippen LogP contribution in [0.15, 0.2) is 47.4 Å². The lowest BCUT2D eigenvalue weighted by Crippen LogP contribution is -2.33. The van der Waals surface area contributed by atoms with Crippen molar-refractivity contribution in [2.24, 2.45) is 0 Å². The molecule has 0 spiro atoms. The molecule has 0 bridgehead atoms. The molecule has 0 aromatic heterocycles. The Hall–Kier alpha value is -2.25. The third kappa shape index (κ3) is 3.61. The fourth-order valence-electron chi connectivity index (χ4n) is 3.56.